The number of likely N-dealkylation sites (N-methyl/N-ethyl adjacent to an activating group) is 1. The predicted molar refractivity (Wildman–Crippen MR) is 122 cm³/mol. The van der Waals surface area contributed by atoms with Gasteiger partial charge in [-0.15, -0.1) is 0 Å². The van der Waals surface area contributed by atoms with Gasteiger partial charge >= 0.3 is 6.18 Å². The van der Waals surface area contributed by atoms with Crippen LogP contribution in [-0.4, -0.2) is 30.3 Å². The van der Waals surface area contributed by atoms with Gasteiger partial charge in [0.05, 0.1) is 17.8 Å². The lowest BCUT2D eigenvalue weighted by atomic mass is 10.0. The van der Waals surface area contributed by atoms with Crippen LogP contribution < -0.4 is 10.6 Å². The third-order valence-corrected chi connectivity index (χ3v) is 5.11. The fourth-order valence-corrected chi connectivity index (χ4v) is 3.53. The molecule has 1 atom stereocenters. The van der Waals surface area contributed by atoms with Gasteiger partial charge in [-0.25, -0.2) is 4.39 Å². The summed E-state index contributed by atoms with van der Waals surface area (Å²) in [6.07, 6.45) is -4.74. The molecule has 2 amide bonds. The highest BCUT2D eigenvalue weighted by atomic mass is 35.5. The fraction of sp³-hybridized carbons (Fsp3) is 0.167. The van der Waals surface area contributed by atoms with Crippen LogP contribution in [0.5, 0.6) is 0 Å². The van der Waals surface area contributed by atoms with Crippen molar-refractivity contribution in [2.75, 3.05) is 24.2 Å². The zero-order valence-corrected chi connectivity index (χ0v) is 18.6. The van der Waals surface area contributed by atoms with Gasteiger partial charge in [-0.05, 0) is 55.1 Å². The number of hydrogen-bond acceptors (Lipinski definition) is 3. The third-order valence-electron chi connectivity index (χ3n) is 4.87. The van der Waals surface area contributed by atoms with Gasteiger partial charge < -0.3 is 10.6 Å². The van der Waals surface area contributed by atoms with E-state index in [1.54, 1.807) is 30.3 Å². The summed E-state index contributed by atoms with van der Waals surface area (Å²) in [4.78, 5) is 27.1. The average Bonchev–Trinajstić information content (AvgIpc) is 2.76. The van der Waals surface area contributed by atoms with E-state index in [9.17, 15) is 27.2 Å². The molecule has 3 aromatic carbocycles. The summed E-state index contributed by atoms with van der Waals surface area (Å²) in [5.74, 6) is -1.72. The van der Waals surface area contributed by atoms with E-state index in [0.717, 1.165) is 12.1 Å². The molecule has 5 nitrogen and oxygen atoms in total. The molecule has 0 unspecified atom stereocenters. The average molecular weight is 494 g/mol. The molecule has 2 N–H and O–H groups in total. The van der Waals surface area contributed by atoms with Crippen LogP contribution in [0, 0.1) is 5.82 Å². The molecule has 0 fully saturated rings. The van der Waals surface area contributed by atoms with Crippen molar-refractivity contribution >= 4 is 34.8 Å². The molecule has 178 valence electrons. The lowest BCUT2D eigenvalue weighted by molar-refractivity contribution is -0.137. The second kappa shape index (κ2) is 10.7. The maximum atomic E-state index is 13.5. The van der Waals surface area contributed by atoms with Gasteiger partial charge in [0.25, 0.3) is 0 Å². The monoisotopic (exact) mass is 493 g/mol. The maximum absolute atomic E-state index is 13.5. The Morgan fingerprint density at radius 3 is 2.24 bits per heavy atom. The van der Waals surface area contributed by atoms with Crippen molar-refractivity contribution in [3.05, 3.63) is 94.8 Å². The Kier molecular flexibility index (Phi) is 7.90. The van der Waals surface area contributed by atoms with E-state index in [0.29, 0.717) is 11.3 Å². The summed E-state index contributed by atoms with van der Waals surface area (Å²) in [6.45, 7) is -0.267. The van der Waals surface area contributed by atoms with Gasteiger partial charge in [-0.1, -0.05) is 41.9 Å². The molecule has 0 aromatic heterocycles. The highest BCUT2D eigenvalue weighted by Gasteiger charge is 2.35. The number of carbonyl (C=O) groups excluding carboxylic acids is 2. The van der Waals surface area contributed by atoms with E-state index in [1.807, 2.05) is 0 Å². The van der Waals surface area contributed by atoms with Gasteiger partial charge in [-0.2, -0.15) is 13.2 Å². The minimum absolute atomic E-state index is 0.125. The first kappa shape index (κ1) is 25.2. The number of nitrogens with zero attached hydrogens (tertiary/aromatic N) is 1. The van der Waals surface area contributed by atoms with Crippen molar-refractivity contribution in [1.29, 1.82) is 0 Å². The van der Waals surface area contributed by atoms with Crippen LogP contribution in [0.4, 0.5) is 28.9 Å². The molecule has 0 aliphatic carbocycles. The van der Waals surface area contributed by atoms with Gasteiger partial charge in [0.1, 0.15) is 11.9 Å². The van der Waals surface area contributed by atoms with E-state index in [1.165, 1.54) is 42.3 Å². The van der Waals surface area contributed by atoms with Crippen molar-refractivity contribution in [2.24, 2.45) is 0 Å². The molecule has 0 bridgehead atoms. The van der Waals surface area contributed by atoms with Crippen LogP contribution in [0.2, 0.25) is 5.02 Å². The summed E-state index contributed by atoms with van der Waals surface area (Å²) in [6, 6.07) is 15.4. The topological polar surface area (TPSA) is 61.4 Å². The van der Waals surface area contributed by atoms with Gasteiger partial charge in [0, 0.05) is 10.7 Å². The summed E-state index contributed by atoms with van der Waals surface area (Å²) < 4.78 is 53.5. The fourth-order valence-electron chi connectivity index (χ4n) is 3.35. The van der Waals surface area contributed by atoms with E-state index in [2.05, 4.69) is 10.6 Å². The Bertz CT molecular complexity index is 1160. The minimum Gasteiger partial charge on any atom is -0.325 e. The number of anilines is 2. The normalized spacial score (nSPS) is 12.3. The van der Waals surface area contributed by atoms with Gasteiger partial charge in [0.2, 0.25) is 11.8 Å². The molecule has 3 rings (SSSR count). The minimum atomic E-state index is -4.74. The zero-order chi connectivity index (χ0) is 24.9. The summed E-state index contributed by atoms with van der Waals surface area (Å²) in [5, 5.41) is 4.78. The number of halogens is 5. The molecule has 0 spiro atoms. The molecule has 0 aliphatic rings. The molecular weight excluding hydrogens is 474 g/mol. The molecular formula is C24H20ClF4N3O2. The van der Waals surface area contributed by atoms with Crippen LogP contribution in [0.25, 0.3) is 0 Å². The molecule has 0 aliphatic heterocycles. The molecule has 34 heavy (non-hydrogen) atoms. The van der Waals surface area contributed by atoms with Gasteiger partial charge in [0.15, 0.2) is 0 Å². The van der Waals surface area contributed by atoms with E-state index >= 15 is 0 Å². The standard InChI is InChI=1S/C24H20ClF4N3O2/c1-32(14-21(33)30-18-10-8-17(26)9-11-18)22(15-5-3-2-4-6-15)23(34)31-20-12-7-16(25)13-19(20)24(27,28)29/h2-13,22H,14H2,1H3,(H,30,33)(H,31,34)/t22-/m0/s1. The second-order valence-electron chi connectivity index (χ2n) is 7.46. The number of alkyl halides is 3. The number of amides is 2. The Morgan fingerprint density at radius 2 is 1.62 bits per heavy atom. The van der Waals surface area contributed by atoms with Crippen molar-refractivity contribution in [1.82, 2.24) is 4.90 Å². The first-order valence-electron chi connectivity index (χ1n) is 10.0. The summed E-state index contributed by atoms with van der Waals surface area (Å²) in [7, 11) is 1.49. The second-order valence-corrected chi connectivity index (χ2v) is 7.90. The van der Waals surface area contributed by atoms with Crippen molar-refractivity contribution in [3.8, 4) is 0 Å². The number of rotatable bonds is 7. The molecule has 0 saturated heterocycles. The Labute approximate surface area is 198 Å². The Balaban J connectivity index is 1.83. The zero-order valence-electron chi connectivity index (χ0n) is 17.9. The third kappa shape index (κ3) is 6.55. The quantitative estimate of drug-likeness (QED) is 0.412. The number of nitrogens with one attached hydrogen (secondary N) is 2. The van der Waals surface area contributed by atoms with Crippen LogP contribution in [-0.2, 0) is 15.8 Å². The highest BCUT2D eigenvalue weighted by molar-refractivity contribution is 6.30. The number of carbonyl (C=O) groups is 2. The van der Waals surface area contributed by atoms with E-state index in [4.69, 9.17) is 11.6 Å². The van der Waals surface area contributed by atoms with E-state index < -0.39 is 41.1 Å². The summed E-state index contributed by atoms with van der Waals surface area (Å²) >= 11 is 5.71. The SMILES string of the molecule is CN(CC(=O)Nc1ccc(F)cc1)[C@H](C(=O)Nc1ccc(Cl)cc1C(F)(F)F)c1ccccc1. The molecule has 10 heteroatoms. The lowest BCUT2D eigenvalue weighted by Crippen LogP contribution is -2.39. The smallest absolute Gasteiger partial charge is 0.325 e. The van der Waals surface area contributed by atoms with Crippen molar-refractivity contribution < 1.29 is 27.2 Å². The first-order chi connectivity index (χ1) is 16.0. The number of benzene rings is 3. The summed E-state index contributed by atoms with van der Waals surface area (Å²) in [5.41, 5.74) is -0.708. The molecule has 0 saturated carbocycles. The van der Waals surface area contributed by atoms with Crippen LogP contribution in [0.1, 0.15) is 17.2 Å². The van der Waals surface area contributed by atoms with Gasteiger partial charge in [-0.3, -0.25) is 14.5 Å². The molecule has 0 radical (unpaired) electrons. The number of hydrogen-bond donors (Lipinski definition) is 2. The molecule has 0 heterocycles. The Morgan fingerprint density at radius 1 is 0.971 bits per heavy atom. The lowest BCUT2D eigenvalue weighted by Gasteiger charge is -2.27. The predicted octanol–water partition coefficient (Wildman–Crippen LogP) is 5.75. The molecule has 3 aromatic rings. The van der Waals surface area contributed by atoms with Crippen molar-refractivity contribution in [2.45, 2.75) is 12.2 Å². The van der Waals surface area contributed by atoms with Crippen LogP contribution in [0.3, 0.4) is 0 Å². The maximum Gasteiger partial charge on any atom is 0.418 e. The first-order valence-corrected chi connectivity index (χ1v) is 10.4. The van der Waals surface area contributed by atoms with Crippen LogP contribution in [0.15, 0.2) is 72.8 Å². The highest BCUT2D eigenvalue weighted by Crippen LogP contribution is 2.37. The van der Waals surface area contributed by atoms with Crippen LogP contribution >= 0.6 is 11.6 Å². The Hall–Kier alpha value is -3.43. The van der Waals surface area contributed by atoms with E-state index in [-0.39, 0.29) is 11.6 Å². The largest absolute Gasteiger partial charge is 0.418 e. The van der Waals surface area contributed by atoms with Crippen molar-refractivity contribution in [3.63, 3.8) is 0 Å².